The molecule has 2 N–H and O–H groups in total. The topological polar surface area (TPSA) is 43.3 Å². The van der Waals surface area contributed by atoms with Crippen LogP contribution in [0, 0.1) is 5.92 Å². The molecule has 3 nitrogen and oxygen atoms in total. The van der Waals surface area contributed by atoms with Gasteiger partial charge in [0.15, 0.2) is 0 Å². The highest BCUT2D eigenvalue weighted by molar-refractivity contribution is 9.10. The molecule has 1 atom stereocenters. The molecule has 86 valence electrons. The van der Waals surface area contributed by atoms with Crippen molar-refractivity contribution in [3.63, 3.8) is 0 Å². The summed E-state index contributed by atoms with van der Waals surface area (Å²) in [6, 6.07) is 4.01. The molecule has 0 spiro atoms. The van der Waals surface area contributed by atoms with Crippen molar-refractivity contribution in [3.05, 3.63) is 34.7 Å². The van der Waals surface area contributed by atoms with Crippen molar-refractivity contribution in [1.29, 1.82) is 0 Å². The Morgan fingerprint density at radius 3 is 2.88 bits per heavy atom. The molecule has 16 heavy (non-hydrogen) atoms. The maximum Gasteiger partial charge on any atom is 0.137 e. The van der Waals surface area contributed by atoms with E-state index in [2.05, 4.69) is 39.2 Å². The quantitative estimate of drug-likeness (QED) is 0.939. The second-order valence-electron chi connectivity index (χ2n) is 4.49. The van der Waals surface area contributed by atoms with Crippen LogP contribution in [0.25, 0.3) is 5.65 Å². The molecule has 0 fully saturated rings. The molecule has 2 aromatic heterocycles. The molecule has 1 unspecified atom stereocenters. The van der Waals surface area contributed by atoms with Gasteiger partial charge in [-0.1, -0.05) is 13.8 Å². The Hall–Kier alpha value is -0.870. The summed E-state index contributed by atoms with van der Waals surface area (Å²) in [5.41, 5.74) is 8.20. The van der Waals surface area contributed by atoms with E-state index < -0.39 is 0 Å². The van der Waals surface area contributed by atoms with Crippen LogP contribution in [0.1, 0.15) is 32.0 Å². The average Bonchev–Trinajstić information content (AvgIpc) is 2.59. The van der Waals surface area contributed by atoms with Crippen molar-refractivity contribution in [2.24, 2.45) is 11.7 Å². The predicted molar refractivity (Wildman–Crippen MR) is 69.3 cm³/mol. The molecule has 0 aromatic carbocycles. The van der Waals surface area contributed by atoms with Gasteiger partial charge in [0.2, 0.25) is 0 Å². The maximum absolute atomic E-state index is 6.18. The molecule has 2 heterocycles. The molecule has 2 aromatic rings. The smallest absolute Gasteiger partial charge is 0.137 e. The van der Waals surface area contributed by atoms with E-state index in [0.717, 1.165) is 22.2 Å². The van der Waals surface area contributed by atoms with E-state index >= 15 is 0 Å². The number of imidazole rings is 1. The third-order valence-corrected chi connectivity index (χ3v) is 3.07. The average molecular weight is 282 g/mol. The van der Waals surface area contributed by atoms with Crippen molar-refractivity contribution >= 4 is 21.6 Å². The minimum Gasteiger partial charge on any atom is -0.323 e. The number of fused-ring (bicyclic) bond motifs is 1. The largest absolute Gasteiger partial charge is 0.323 e. The Labute approximate surface area is 104 Å². The van der Waals surface area contributed by atoms with Gasteiger partial charge in [-0.25, -0.2) is 4.98 Å². The van der Waals surface area contributed by atoms with Crippen LogP contribution in [0.2, 0.25) is 0 Å². The first kappa shape index (κ1) is 11.6. The normalized spacial score (nSPS) is 13.6. The van der Waals surface area contributed by atoms with E-state index in [0.29, 0.717) is 5.92 Å². The standard InChI is InChI=1S/C12H16BrN3/c1-8(2)5-10(14)11-6-15-12-4-3-9(13)7-16(11)12/h3-4,6-8,10H,5,14H2,1-2H3. The van der Waals surface area contributed by atoms with Gasteiger partial charge in [-0.15, -0.1) is 0 Å². The molecule has 0 bridgehead atoms. The van der Waals surface area contributed by atoms with E-state index in [4.69, 9.17) is 5.73 Å². The Bertz CT molecular complexity index is 490. The van der Waals surface area contributed by atoms with Gasteiger partial charge in [0.25, 0.3) is 0 Å². The van der Waals surface area contributed by atoms with Crippen LogP contribution in [0.4, 0.5) is 0 Å². The number of nitrogens with zero attached hydrogens (tertiary/aromatic N) is 2. The van der Waals surface area contributed by atoms with Gasteiger partial charge in [0, 0.05) is 16.7 Å². The minimum absolute atomic E-state index is 0.0456. The first-order valence-corrected chi connectivity index (χ1v) is 6.25. The van der Waals surface area contributed by atoms with E-state index in [9.17, 15) is 0 Å². The highest BCUT2D eigenvalue weighted by Gasteiger charge is 2.13. The Balaban J connectivity index is 2.40. The Morgan fingerprint density at radius 2 is 2.19 bits per heavy atom. The van der Waals surface area contributed by atoms with Gasteiger partial charge < -0.3 is 10.1 Å². The molecule has 0 amide bonds. The number of nitrogens with two attached hydrogens (primary N) is 1. The zero-order chi connectivity index (χ0) is 11.7. The van der Waals surface area contributed by atoms with Crippen LogP contribution in [0.15, 0.2) is 29.0 Å². The monoisotopic (exact) mass is 281 g/mol. The fourth-order valence-electron chi connectivity index (χ4n) is 1.88. The Morgan fingerprint density at radius 1 is 1.44 bits per heavy atom. The van der Waals surface area contributed by atoms with Crippen LogP contribution in [-0.2, 0) is 0 Å². The van der Waals surface area contributed by atoms with Crippen molar-refractivity contribution in [3.8, 4) is 0 Å². The lowest BCUT2D eigenvalue weighted by molar-refractivity contribution is 0.500. The van der Waals surface area contributed by atoms with Crippen molar-refractivity contribution in [2.75, 3.05) is 0 Å². The summed E-state index contributed by atoms with van der Waals surface area (Å²) in [5.74, 6) is 0.590. The van der Waals surface area contributed by atoms with Crippen LogP contribution < -0.4 is 5.73 Å². The molecule has 2 rings (SSSR count). The van der Waals surface area contributed by atoms with Gasteiger partial charge in [-0.3, -0.25) is 0 Å². The highest BCUT2D eigenvalue weighted by Crippen LogP contribution is 2.21. The summed E-state index contributed by atoms with van der Waals surface area (Å²) in [6.45, 7) is 4.36. The zero-order valence-corrected chi connectivity index (χ0v) is 11.1. The lowest BCUT2D eigenvalue weighted by atomic mass is 10.0. The fourth-order valence-corrected chi connectivity index (χ4v) is 2.21. The number of rotatable bonds is 3. The second-order valence-corrected chi connectivity index (χ2v) is 5.41. The number of hydrogen-bond donors (Lipinski definition) is 1. The molecular weight excluding hydrogens is 266 g/mol. The van der Waals surface area contributed by atoms with Gasteiger partial charge >= 0.3 is 0 Å². The van der Waals surface area contributed by atoms with Crippen LogP contribution in [0.3, 0.4) is 0 Å². The van der Waals surface area contributed by atoms with Crippen molar-refractivity contribution in [2.45, 2.75) is 26.3 Å². The summed E-state index contributed by atoms with van der Waals surface area (Å²) in [5, 5.41) is 0. The summed E-state index contributed by atoms with van der Waals surface area (Å²) in [4.78, 5) is 4.35. The summed E-state index contributed by atoms with van der Waals surface area (Å²) < 4.78 is 3.09. The van der Waals surface area contributed by atoms with Crippen molar-refractivity contribution in [1.82, 2.24) is 9.38 Å². The lowest BCUT2D eigenvalue weighted by Gasteiger charge is -2.13. The number of aromatic nitrogens is 2. The molecule has 0 saturated heterocycles. The van der Waals surface area contributed by atoms with Gasteiger partial charge in [0.1, 0.15) is 5.65 Å². The molecule has 0 saturated carbocycles. The van der Waals surface area contributed by atoms with E-state index in [1.807, 2.05) is 24.5 Å². The number of halogens is 1. The third kappa shape index (κ3) is 2.28. The first-order valence-electron chi connectivity index (χ1n) is 5.46. The van der Waals surface area contributed by atoms with Crippen LogP contribution >= 0.6 is 15.9 Å². The van der Waals surface area contributed by atoms with E-state index in [1.54, 1.807) is 0 Å². The highest BCUT2D eigenvalue weighted by atomic mass is 79.9. The summed E-state index contributed by atoms with van der Waals surface area (Å²) in [7, 11) is 0. The van der Waals surface area contributed by atoms with Crippen LogP contribution in [0.5, 0.6) is 0 Å². The van der Waals surface area contributed by atoms with E-state index in [1.165, 1.54) is 0 Å². The molecule has 0 radical (unpaired) electrons. The van der Waals surface area contributed by atoms with Gasteiger partial charge in [0.05, 0.1) is 11.9 Å². The lowest BCUT2D eigenvalue weighted by Crippen LogP contribution is -2.14. The molecule has 0 aliphatic heterocycles. The Kier molecular flexibility index (Phi) is 3.30. The molecule has 0 aliphatic carbocycles. The number of pyridine rings is 1. The SMILES string of the molecule is CC(C)CC(N)c1cnc2ccc(Br)cn12. The van der Waals surface area contributed by atoms with Gasteiger partial charge in [-0.2, -0.15) is 0 Å². The minimum atomic E-state index is 0.0456. The summed E-state index contributed by atoms with van der Waals surface area (Å²) >= 11 is 3.46. The van der Waals surface area contributed by atoms with Gasteiger partial charge in [-0.05, 0) is 40.4 Å². The van der Waals surface area contributed by atoms with Crippen molar-refractivity contribution < 1.29 is 0 Å². The predicted octanol–water partition coefficient (Wildman–Crippen LogP) is 3.14. The van der Waals surface area contributed by atoms with Crippen LogP contribution in [-0.4, -0.2) is 9.38 Å². The zero-order valence-electron chi connectivity index (χ0n) is 9.52. The second kappa shape index (κ2) is 4.55. The third-order valence-electron chi connectivity index (χ3n) is 2.60. The fraction of sp³-hybridized carbons (Fsp3) is 0.417. The molecule has 4 heteroatoms. The first-order chi connectivity index (χ1) is 7.58. The molecular formula is C12H16BrN3. The summed E-state index contributed by atoms with van der Waals surface area (Å²) in [6.07, 6.45) is 4.85. The maximum atomic E-state index is 6.18. The van der Waals surface area contributed by atoms with E-state index in [-0.39, 0.29) is 6.04 Å². The molecule has 0 aliphatic rings. The number of hydrogen-bond acceptors (Lipinski definition) is 2.